The van der Waals surface area contributed by atoms with Gasteiger partial charge in [-0.3, -0.25) is 0 Å². The number of carbonyl (C=O) groups excluding carboxylic acids is 1. The van der Waals surface area contributed by atoms with Crippen molar-refractivity contribution in [3.63, 3.8) is 0 Å². The Morgan fingerprint density at radius 1 is 1.29 bits per heavy atom. The summed E-state index contributed by atoms with van der Waals surface area (Å²) in [5, 5.41) is 9.60. The van der Waals surface area contributed by atoms with Crippen molar-refractivity contribution >= 4 is 6.09 Å². The minimum absolute atomic E-state index is 0.390. The summed E-state index contributed by atoms with van der Waals surface area (Å²) in [6, 6.07) is 0. The lowest BCUT2D eigenvalue weighted by Gasteiger charge is -2.32. The van der Waals surface area contributed by atoms with Crippen molar-refractivity contribution in [2.45, 2.75) is 45.3 Å². The molecule has 0 aliphatic heterocycles. The summed E-state index contributed by atoms with van der Waals surface area (Å²) >= 11 is 0. The molecule has 0 spiro atoms. The Balaban J connectivity index is 4.28. The molecule has 0 aromatic rings. The first kappa shape index (κ1) is 13.2. The molecule has 0 heterocycles. The molecule has 0 aliphatic rings. The maximum Gasteiger partial charge on any atom is 0.409 e. The van der Waals surface area contributed by atoms with Crippen LogP contribution in [0.25, 0.3) is 0 Å². The highest BCUT2D eigenvalue weighted by Gasteiger charge is 2.30. The van der Waals surface area contributed by atoms with Gasteiger partial charge in [0.1, 0.15) is 5.60 Å². The van der Waals surface area contributed by atoms with Gasteiger partial charge in [0.05, 0.1) is 5.60 Å². The maximum atomic E-state index is 11.3. The van der Waals surface area contributed by atoms with E-state index in [9.17, 15) is 9.90 Å². The number of aliphatic hydroxyl groups is 1. The molecule has 0 aromatic heterocycles. The second kappa shape index (κ2) is 4.17. The Morgan fingerprint density at radius 3 is 2.00 bits per heavy atom. The van der Waals surface area contributed by atoms with E-state index in [0.717, 1.165) is 0 Å². The summed E-state index contributed by atoms with van der Waals surface area (Å²) in [5.41, 5.74) is -1.49. The lowest BCUT2D eigenvalue weighted by Crippen LogP contribution is -2.39. The fourth-order valence-electron chi connectivity index (χ4n) is 1.41. The summed E-state index contributed by atoms with van der Waals surface area (Å²) in [6.07, 6.45) is 0.0128. The summed E-state index contributed by atoms with van der Waals surface area (Å²) in [4.78, 5) is 12.6. The number of rotatable bonds is 3. The lowest BCUT2D eigenvalue weighted by atomic mass is 9.92. The van der Waals surface area contributed by atoms with Gasteiger partial charge in [-0.1, -0.05) is 0 Å². The Kier molecular flexibility index (Phi) is 3.94. The fourth-order valence-corrected chi connectivity index (χ4v) is 1.41. The van der Waals surface area contributed by atoms with E-state index in [1.54, 1.807) is 41.8 Å². The van der Waals surface area contributed by atoms with Gasteiger partial charge in [0, 0.05) is 20.5 Å². The lowest BCUT2D eigenvalue weighted by molar-refractivity contribution is -0.0416. The molecule has 0 aromatic carbocycles. The summed E-state index contributed by atoms with van der Waals surface area (Å²) < 4.78 is 5.20. The minimum Gasteiger partial charge on any atom is -0.443 e. The average Bonchev–Trinajstić information content (AvgIpc) is 1.78. The van der Waals surface area contributed by atoms with Crippen LogP contribution in [0.5, 0.6) is 0 Å². The van der Waals surface area contributed by atoms with Crippen LogP contribution in [0, 0.1) is 0 Å². The van der Waals surface area contributed by atoms with Crippen LogP contribution in [0.4, 0.5) is 4.79 Å². The van der Waals surface area contributed by atoms with Crippen LogP contribution in [0.3, 0.4) is 0 Å². The van der Waals surface area contributed by atoms with Crippen molar-refractivity contribution in [1.82, 2.24) is 4.90 Å². The van der Waals surface area contributed by atoms with E-state index in [1.165, 1.54) is 4.90 Å². The highest BCUT2D eigenvalue weighted by atomic mass is 16.6. The Morgan fingerprint density at radius 2 is 1.71 bits per heavy atom. The van der Waals surface area contributed by atoms with Gasteiger partial charge in [0.2, 0.25) is 0 Å². The van der Waals surface area contributed by atoms with E-state index in [2.05, 4.69) is 0 Å². The summed E-state index contributed by atoms with van der Waals surface area (Å²) in [6.45, 7) is 6.95. The van der Waals surface area contributed by atoms with Gasteiger partial charge < -0.3 is 14.7 Å². The number of carbonyl (C=O) groups is 1. The molecule has 0 fully saturated rings. The molecule has 14 heavy (non-hydrogen) atoms. The van der Waals surface area contributed by atoms with Gasteiger partial charge in [-0.25, -0.2) is 4.79 Å². The van der Waals surface area contributed by atoms with Crippen molar-refractivity contribution in [3.8, 4) is 0 Å². The number of hydrogen-bond acceptors (Lipinski definition) is 3. The van der Waals surface area contributed by atoms with E-state index < -0.39 is 11.2 Å². The van der Waals surface area contributed by atoms with Crippen LogP contribution in [-0.4, -0.2) is 41.4 Å². The van der Waals surface area contributed by atoms with Crippen LogP contribution in [-0.2, 0) is 4.74 Å². The highest BCUT2D eigenvalue weighted by Crippen LogP contribution is 2.23. The Hall–Kier alpha value is -0.770. The Bertz CT molecular complexity index is 204. The predicted molar refractivity (Wildman–Crippen MR) is 55.2 cm³/mol. The topological polar surface area (TPSA) is 49.8 Å². The molecule has 0 saturated heterocycles. The van der Waals surface area contributed by atoms with E-state index in [0.29, 0.717) is 6.42 Å². The number of ether oxygens (including phenoxy) is 1. The summed E-state index contributed by atoms with van der Waals surface area (Å²) in [7, 11) is 3.25. The normalized spacial score (nSPS) is 12.5. The molecule has 0 rings (SSSR count). The zero-order chi connectivity index (χ0) is 11.6. The minimum atomic E-state index is -0.837. The fraction of sp³-hybridized carbons (Fsp3) is 0.900. The van der Waals surface area contributed by atoms with E-state index >= 15 is 0 Å². The van der Waals surface area contributed by atoms with Gasteiger partial charge in [-0.2, -0.15) is 0 Å². The van der Waals surface area contributed by atoms with Gasteiger partial charge in [-0.15, -0.1) is 0 Å². The number of amides is 1. The van der Waals surface area contributed by atoms with E-state index in [1.807, 2.05) is 0 Å². The van der Waals surface area contributed by atoms with Gasteiger partial charge >= 0.3 is 6.09 Å². The Labute approximate surface area is 85.9 Å². The molecule has 4 nitrogen and oxygen atoms in total. The second-order valence-corrected chi connectivity index (χ2v) is 5.01. The smallest absolute Gasteiger partial charge is 0.409 e. The molecular weight excluding hydrogens is 182 g/mol. The van der Waals surface area contributed by atoms with Crippen LogP contribution in [0.1, 0.15) is 34.1 Å². The van der Waals surface area contributed by atoms with Gasteiger partial charge in [0.25, 0.3) is 0 Å². The van der Waals surface area contributed by atoms with Crippen molar-refractivity contribution in [2.24, 2.45) is 0 Å². The molecule has 4 heteroatoms. The predicted octanol–water partition coefficient (Wildman–Crippen LogP) is 1.62. The van der Waals surface area contributed by atoms with Crippen LogP contribution in [0.2, 0.25) is 0 Å². The third kappa shape index (κ3) is 5.80. The van der Waals surface area contributed by atoms with E-state index in [-0.39, 0.29) is 6.09 Å². The van der Waals surface area contributed by atoms with Crippen molar-refractivity contribution in [2.75, 3.05) is 14.1 Å². The number of nitrogens with zero attached hydrogens (tertiary/aromatic N) is 1. The second-order valence-electron chi connectivity index (χ2n) is 5.01. The molecular formula is C10H21NO3. The standard InChI is InChI=1S/C10H21NO3/c1-9(2,13)7-10(3,4)14-8(12)11(5)6/h13H,7H2,1-6H3. The molecule has 0 unspecified atom stereocenters. The van der Waals surface area contributed by atoms with Crippen molar-refractivity contribution < 1.29 is 14.6 Å². The van der Waals surface area contributed by atoms with Crippen molar-refractivity contribution in [3.05, 3.63) is 0 Å². The van der Waals surface area contributed by atoms with E-state index in [4.69, 9.17) is 4.74 Å². The molecule has 1 N–H and O–H groups in total. The third-order valence-corrected chi connectivity index (χ3v) is 1.59. The van der Waals surface area contributed by atoms with Crippen LogP contribution >= 0.6 is 0 Å². The van der Waals surface area contributed by atoms with Gasteiger partial charge in [0.15, 0.2) is 0 Å². The first-order valence-corrected chi connectivity index (χ1v) is 4.66. The zero-order valence-corrected chi connectivity index (χ0v) is 9.92. The quantitative estimate of drug-likeness (QED) is 0.758. The molecule has 0 aliphatic carbocycles. The largest absolute Gasteiger partial charge is 0.443 e. The first-order chi connectivity index (χ1) is 6.03. The monoisotopic (exact) mass is 203 g/mol. The molecule has 0 saturated carbocycles. The van der Waals surface area contributed by atoms with Crippen molar-refractivity contribution in [1.29, 1.82) is 0 Å². The molecule has 1 amide bonds. The maximum absolute atomic E-state index is 11.3. The zero-order valence-electron chi connectivity index (χ0n) is 9.92. The molecule has 0 radical (unpaired) electrons. The highest BCUT2D eigenvalue weighted by molar-refractivity contribution is 5.67. The van der Waals surface area contributed by atoms with Crippen LogP contribution in [0.15, 0.2) is 0 Å². The molecule has 0 atom stereocenters. The first-order valence-electron chi connectivity index (χ1n) is 4.66. The third-order valence-electron chi connectivity index (χ3n) is 1.59. The summed E-state index contributed by atoms with van der Waals surface area (Å²) in [5.74, 6) is 0. The SMILES string of the molecule is CN(C)C(=O)OC(C)(C)CC(C)(C)O. The molecule has 0 bridgehead atoms. The molecule has 84 valence electrons. The van der Waals surface area contributed by atoms with Crippen LogP contribution < -0.4 is 0 Å². The number of hydrogen-bond donors (Lipinski definition) is 1. The average molecular weight is 203 g/mol. The van der Waals surface area contributed by atoms with Gasteiger partial charge in [-0.05, 0) is 27.7 Å².